The first kappa shape index (κ1) is 21.6. The molecule has 4 heterocycles. The molecule has 0 fully saturated rings. The van der Waals surface area contributed by atoms with Gasteiger partial charge < -0.3 is 10.1 Å². The standard InChI is InChI=1S/C21H14F3N7O2S/c1-33-17-7-6-16(28-29-17)31-18(21(22,23)24)14(10-25-31)19(32)26-13-4-2-12(3-5-13)15-11-30-8-9-34-20(30)27-15/h2-11H,1H3,(H,26,32). The molecule has 5 rings (SSSR count). The Kier molecular flexibility index (Phi) is 5.24. The van der Waals surface area contributed by atoms with Gasteiger partial charge in [0.2, 0.25) is 5.88 Å². The first-order chi connectivity index (χ1) is 16.3. The molecule has 0 saturated carbocycles. The van der Waals surface area contributed by atoms with Gasteiger partial charge in [-0.25, -0.2) is 9.67 Å². The second-order valence-electron chi connectivity index (χ2n) is 7.00. The number of alkyl halides is 3. The Bertz CT molecular complexity index is 1440. The summed E-state index contributed by atoms with van der Waals surface area (Å²) in [6.45, 7) is 0. The van der Waals surface area contributed by atoms with E-state index in [0.717, 1.165) is 22.4 Å². The molecule has 0 atom stereocenters. The molecule has 34 heavy (non-hydrogen) atoms. The molecule has 0 bridgehead atoms. The van der Waals surface area contributed by atoms with Gasteiger partial charge in [-0.1, -0.05) is 12.1 Å². The average molecular weight is 485 g/mol. The van der Waals surface area contributed by atoms with E-state index in [2.05, 4.69) is 25.6 Å². The predicted octanol–water partition coefficient (Wildman–Crippen LogP) is 4.32. The number of thiazole rings is 1. The quantitative estimate of drug-likeness (QED) is 0.398. The van der Waals surface area contributed by atoms with Gasteiger partial charge in [-0.3, -0.25) is 9.20 Å². The lowest BCUT2D eigenvalue weighted by Crippen LogP contribution is -2.21. The molecule has 0 aliphatic heterocycles. The molecule has 172 valence electrons. The average Bonchev–Trinajstić information content (AvgIpc) is 3.54. The van der Waals surface area contributed by atoms with Crippen molar-refractivity contribution >= 4 is 27.9 Å². The van der Waals surface area contributed by atoms with Gasteiger partial charge in [-0.05, 0) is 18.2 Å². The maximum atomic E-state index is 13.9. The third-order valence-corrected chi connectivity index (χ3v) is 5.64. The highest BCUT2D eigenvalue weighted by Crippen LogP contribution is 2.34. The summed E-state index contributed by atoms with van der Waals surface area (Å²) < 4.78 is 48.8. The van der Waals surface area contributed by atoms with E-state index in [9.17, 15) is 18.0 Å². The number of nitrogens with one attached hydrogen (secondary N) is 1. The number of carbonyl (C=O) groups excluding carboxylic acids is 1. The highest BCUT2D eigenvalue weighted by atomic mass is 32.1. The summed E-state index contributed by atoms with van der Waals surface area (Å²) in [7, 11) is 1.35. The number of rotatable bonds is 5. The van der Waals surface area contributed by atoms with E-state index in [0.29, 0.717) is 10.4 Å². The van der Waals surface area contributed by atoms with Crippen molar-refractivity contribution in [3.8, 4) is 23.0 Å². The van der Waals surface area contributed by atoms with Gasteiger partial charge >= 0.3 is 6.18 Å². The van der Waals surface area contributed by atoms with Crippen LogP contribution >= 0.6 is 11.3 Å². The van der Waals surface area contributed by atoms with Crippen LogP contribution in [0.4, 0.5) is 18.9 Å². The number of ether oxygens (including phenoxy) is 1. The zero-order valence-corrected chi connectivity index (χ0v) is 18.1. The third-order valence-electron chi connectivity index (χ3n) is 4.87. The third kappa shape index (κ3) is 3.96. The Morgan fingerprint density at radius 1 is 1.12 bits per heavy atom. The number of methoxy groups -OCH3 is 1. The molecular formula is C21H14F3N7O2S. The SMILES string of the molecule is COc1ccc(-n2ncc(C(=O)Nc3ccc(-c4cn5ccsc5n4)cc3)c2C(F)(F)F)nn1. The van der Waals surface area contributed by atoms with E-state index < -0.39 is 23.3 Å². The van der Waals surface area contributed by atoms with Gasteiger partial charge in [0.15, 0.2) is 16.5 Å². The van der Waals surface area contributed by atoms with Gasteiger partial charge in [0.25, 0.3) is 5.91 Å². The minimum absolute atomic E-state index is 0.126. The van der Waals surface area contributed by atoms with E-state index in [1.165, 1.54) is 30.6 Å². The van der Waals surface area contributed by atoms with Crippen LogP contribution in [0.3, 0.4) is 0 Å². The van der Waals surface area contributed by atoms with Crippen LogP contribution in [0.25, 0.3) is 22.0 Å². The van der Waals surface area contributed by atoms with Crippen molar-refractivity contribution in [2.45, 2.75) is 6.18 Å². The second kappa shape index (κ2) is 8.26. The molecule has 13 heteroatoms. The summed E-state index contributed by atoms with van der Waals surface area (Å²) in [5.41, 5.74) is -0.0515. The number of hydrogen-bond acceptors (Lipinski definition) is 7. The fourth-order valence-corrected chi connectivity index (χ4v) is 3.99. The van der Waals surface area contributed by atoms with Gasteiger partial charge in [0.1, 0.15) is 0 Å². The number of fused-ring (bicyclic) bond motifs is 1. The molecule has 1 N–H and O–H groups in total. The first-order valence-corrected chi connectivity index (χ1v) is 10.6. The van der Waals surface area contributed by atoms with Crippen LogP contribution in [0.15, 0.2) is 60.4 Å². The van der Waals surface area contributed by atoms with Crippen molar-refractivity contribution in [2.75, 3.05) is 12.4 Å². The van der Waals surface area contributed by atoms with Crippen molar-refractivity contribution < 1.29 is 22.7 Å². The van der Waals surface area contributed by atoms with Crippen molar-refractivity contribution in [1.29, 1.82) is 0 Å². The minimum atomic E-state index is -4.87. The summed E-state index contributed by atoms with van der Waals surface area (Å²) in [5.74, 6) is -1.05. The van der Waals surface area contributed by atoms with E-state index in [4.69, 9.17) is 4.74 Å². The summed E-state index contributed by atoms with van der Waals surface area (Å²) in [4.78, 5) is 18.1. The number of nitrogens with zero attached hydrogens (tertiary/aromatic N) is 6. The molecular weight excluding hydrogens is 471 g/mol. The molecule has 9 nitrogen and oxygen atoms in total. The second-order valence-corrected chi connectivity index (χ2v) is 7.87. The van der Waals surface area contributed by atoms with Crippen molar-refractivity contribution in [2.24, 2.45) is 0 Å². The van der Waals surface area contributed by atoms with E-state index in [1.807, 2.05) is 22.2 Å². The van der Waals surface area contributed by atoms with Gasteiger partial charge in [0.05, 0.1) is 24.6 Å². The molecule has 0 spiro atoms. The zero-order valence-electron chi connectivity index (χ0n) is 17.3. The number of imidazole rings is 1. The number of anilines is 1. The van der Waals surface area contributed by atoms with Crippen molar-refractivity contribution in [1.82, 2.24) is 29.4 Å². The number of carbonyl (C=O) groups is 1. The molecule has 0 radical (unpaired) electrons. The van der Waals surface area contributed by atoms with E-state index in [-0.39, 0.29) is 11.7 Å². The molecule has 0 aliphatic rings. The number of amides is 1. The first-order valence-electron chi connectivity index (χ1n) is 9.71. The highest BCUT2D eigenvalue weighted by Gasteiger charge is 2.41. The highest BCUT2D eigenvalue weighted by molar-refractivity contribution is 7.15. The van der Waals surface area contributed by atoms with Gasteiger partial charge in [-0.15, -0.1) is 21.5 Å². The van der Waals surface area contributed by atoms with Crippen LogP contribution in [0.2, 0.25) is 0 Å². The summed E-state index contributed by atoms with van der Waals surface area (Å²) in [6.07, 6.45) is -0.272. The maximum Gasteiger partial charge on any atom is 0.434 e. The Labute approximate surface area is 193 Å². The molecule has 0 saturated heterocycles. The molecule has 0 aliphatic carbocycles. The smallest absolute Gasteiger partial charge is 0.434 e. The maximum absolute atomic E-state index is 13.9. The van der Waals surface area contributed by atoms with Crippen LogP contribution in [0.1, 0.15) is 16.1 Å². The largest absolute Gasteiger partial charge is 0.480 e. The number of hydrogen-bond donors (Lipinski definition) is 1. The van der Waals surface area contributed by atoms with Crippen LogP contribution in [0.5, 0.6) is 5.88 Å². The van der Waals surface area contributed by atoms with Crippen LogP contribution in [0, 0.1) is 0 Å². The lowest BCUT2D eigenvalue weighted by Gasteiger charge is -2.12. The zero-order chi connectivity index (χ0) is 23.9. The fraction of sp³-hybridized carbons (Fsp3) is 0.0952. The van der Waals surface area contributed by atoms with Crippen LogP contribution in [-0.2, 0) is 6.18 Å². The lowest BCUT2D eigenvalue weighted by atomic mass is 10.1. The summed E-state index contributed by atoms with van der Waals surface area (Å²) in [5, 5.41) is 15.5. The number of halogens is 3. The summed E-state index contributed by atoms with van der Waals surface area (Å²) >= 11 is 1.50. The molecule has 1 amide bonds. The van der Waals surface area contributed by atoms with Gasteiger partial charge in [0, 0.05) is 35.1 Å². The van der Waals surface area contributed by atoms with Crippen LogP contribution < -0.4 is 10.1 Å². The number of benzene rings is 1. The Morgan fingerprint density at radius 3 is 2.56 bits per heavy atom. The monoisotopic (exact) mass is 485 g/mol. The Balaban J connectivity index is 1.40. The molecule has 0 unspecified atom stereocenters. The van der Waals surface area contributed by atoms with Crippen molar-refractivity contribution in [3.05, 3.63) is 71.6 Å². The van der Waals surface area contributed by atoms with E-state index >= 15 is 0 Å². The van der Waals surface area contributed by atoms with Crippen molar-refractivity contribution in [3.63, 3.8) is 0 Å². The minimum Gasteiger partial charge on any atom is -0.480 e. The summed E-state index contributed by atoms with van der Waals surface area (Å²) in [6, 6.07) is 9.23. The molecule has 1 aromatic carbocycles. The van der Waals surface area contributed by atoms with E-state index in [1.54, 1.807) is 24.3 Å². The lowest BCUT2D eigenvalue weighted by molar-refractivity contribution is -0.143. The normalized spacial score (nSPS) is 11.6. The van der Waals surface area contributed by atoms with Crippen LogP contribution in [-0.4, -0.2) is 42.4 Å². The topological polar surface area (TPSA) is 99.2 Å². The Hall–Kier alpha value is -4.26. The number of aromatic nitrogens is 6. The Morgan fingerprint density at radius 2 is 1.91 bits per heavy atom. The molecule has 4 aromatic heterocycles. The fourth-order valence-electron chi connectivity index (χ4n) is 3.29. The predicted molar refractivity (Wildman–Crippen MR) is 117 cm³/mol. The molecule has 5 aromatic rings. The van der Waals surface area contributed by atoms with Gasteiger partial charge in [-0.2, -0.15) is 18.3 Å².